The Balaban J connectivity index is 1.89. The van der Waals surface area contributed by atoms with E-state index in [0.29, 0.717) is 6.04 Å². The third kappa shape index (κ3) is 5.42. The maximum atomic E-state index is 3.69. The Kier molecular flexibility index (Phi) is 6.65. The van der Waals surface area contributed by atoms with E-state index in [1.807, 2.05) is 0 Å². The number of benzene rings is 1. The highest BCUT2D eigenvalue weighted by Crippen LogP contribution is 2.28. The first-order valence-electron chi connectivity index (χ1n) is 7.75. The molecule has 1 nitrogen and oxygen atoms in total. The van der Waals surface area contributed by atoms with Crippen LogP contribution in [0, 0.1) is 9.49 Å². The normalized spacial score (nSPS) is 18.4. The van der Waals surface area contributed by atoms with Gasteiger partial charge in [-0.2, -0.15) is 0 Å². The predicted octanol–water partition coefficient (Wildman–Crippen LogP) is 4.78. The van der Waals surface area contributed by atoms with Crippen molar-refractivity contribution >= 4 is 22.6 Å². The molecule has 0 radical (unpaired) electrons. The molecule has 19 heavy (non-hydrogen) atoms. The highest BCUT2D eigenvalue weighted by Gasteiger charge is 2.18. The van der Waals surface area contributed by atoms with E-state index in [-0.39, 0.29) is 0 Å². The lowest BCUT2D eigenvalue weighted by atomic mass is 9.83. The van der Waals surface area contributed by atoms with Crippen LogP contribution in [0.2, 0.25) is 0 Å². The fourth-order valence-electron chi connectivity index (χ4n) is 3.26. The molecule has 1 aliphatic carbocycles. The van der Waals surface area contributed by atoms with Gasteiger partial charge in [0.1, 0.15) is 0 Å². The molecule has 0 amide bonds. The molecule has 0 aliphatic heterocycles. The van der Waals surface area contributed by atoms with Gasteiger partial charge in [0.05, 0.1) is 0 Å². The van der Waals surface area contributed by atoms with Crippen LogP contribution in [0.4, 0.5) is 0 Å². The van der Waals surface area contributed by atoms with Gasteiger partial charge in [0.15, 0.2) is 0 Å². The topological polar surface area (TPSA) is 12.0 Å². The fraction of sp³-hybridized carbons (Fsp3) is 0.647. The molecule has 1 N–H and O–H groups in total. The van der Waals surface area contributed by atoms with Crippen molar-refractivity contribution in [3.8, 4) is 0 Å². The van der Waals surface area contributed by atoms with E-state index in [0.717, 1.165) is 12.5 Å². The average Bonchev–Trinajstić information content (AvgIpc) is 2.43. The maximum absolute atomic E-state index is 3.69. The molecular weight excluding hydrogens is 345 g/mol. The first-order valence-corrected chi connectivity index (χ1v) is 8.83. The molecule has 0 aromatic heterocycles. The zero-order valence-electron chi connectivity index (χ0n) is 12.0. The van der Waals surface area contributed by atoms with Gasteiger partial charge in [-0.1, -0.05) is 51.2 Å². The van der Waals surface area contributed by atoms with Gasteiger partial charge in [-0.25, -0.2) is 0 Å². The van der Waals surface area contributed by atoms with Gasteiger partial charge in [0.25, 0.3) is 0 Å². The first-order chi connectivity index (χ1) is 9.28. The molecule has 0 spiro atoms. The van der Waals surface area contributed by atoms with E-state index >= 15 is 0 Å². The summed E-state index contributed by atoms with van der Waals surface area (Å²) in [5.74, 6) is 0.960. The summed E-state index contributed by atoms with van der Waals surface area (Å²) in [5, 5.41) is 3.69. The van der Waals surface area contributed by atoms with E-state index in [1.165, 1.54) is 54.1 Å². The van der Waals surface area contributed by atoms with Crippen LogP contribution in [-0.4, -0.2) is 12.6 Å². The highest BCUT2D eigenvalue weighted by atomic mass is 127. The predicted molar refractivity (Wildman–Crippen MR) is 91.5 cm³/mol. The van der Waals surface area contributed by atoms with Crippen LogP contribution >= 0.6 is 22.6 Å². The monoisotopic (exact) mass is 371 g/mol. The van der Waals surface area contributed by atoms with E-state index in [4.69, 9.17) is 0 Å². The molecule has 1 fully saturated rings. The number of hydrogen-bond donors (Lipinski definition) is 1. The van der Waals surface area contributed by atoms with Crippen LogP contribution in [0.1, 0.15) is 51.0 Å². The van der Waals surface area contributed by atoms with Crippen molar-refractivity contribution in [1.29, 1.82) is 0 Å². The second-order valence-electron chi connectivity index (χ2n) is 5.82. The minimum absolute atomic E-state index is 0.660. The van der Waals surface area contributed by atoms with Gasteiger partial charge >= 0.3 is 0 Å². The third-order valence-electron chi connectivity index (χ3n) is 4.23. The number of halogens is 1. The van der Waals surface area contributed by atoms with Gasteiger partial charge in [-0.3, -0.25) is 0 Å². The van der Waals surface area contributed by atoms with Crippen LogP contribution in [0.15, 0.2) is 24.3 Å². The molecule has 106 valence electrons. The highest BCUT2D eigenvalue weighted by molar-refractivity contribution is 14.1. The minimum atomic E-state index is 0.660. The first kappa shape index (κ1) is 15.3. The zero-order valence-corrected chi connectivity index (χ0v) is 14.2. The Morgan fingerprint density at radius 1 is 1.16 bits per heavy atom. The van der Waals surface area contributed by atoms with E-state index in [2.05, 4.69) is 59.1 Å². The van der Waals surface area contributed by atoms with Crippen molar-refractivity contribution < 1.29 is 0 Å². The van der Waals surface area contributed by atoms with Crippen LogP contribution < -0.4 is 5.32 Å². The van der Waals surface area contributed by atoms with Gasteiger partial charge in [-0.15, -0.1) is 0 Å². The Morgan fingerprint density at radius 2 is 1.84 bits per heavy atom. The van der Waals surface area contributed by atoms with Crippen LogP contribution in [0.5, 0.6) is 0 Å². The molecule has 1 atom stereocenters. The Hall–Kier alpha value is -0.0900. The zero-order chi connectivity index (χ0) is 13.5. The van der Waals surface area contributed by atoms with Crippen LogP contribution in [-0.2, 0) is 6.42 Å². The maximum Gasteiger partial charge on any atom is 0.0130 e. The van der Waals surface area contributed by atoms with Crippen LogP contribution in [0.25, 0.3) is 0 Å². The van der Waals surface area contributed by atoms with Crippen LogP contribution in [0.3, 0.4) is 0 Å². The van der Waals surface area contributed by atoms with Crippen molar-refractivity contribution in [2.24, 2.45) is 5.92 Å². The van der Waals surface area contributed by atoms with E-state index < -0.39 is 0 Å². The van der Waals surface area contributed by atoms with Gasteiger partial charge < -0.3 is 5.32 Å². The van der Waals surface area contributed by atoms with Gasteiger partial charge in [0.2, 0.25) is 0 Å². The van der Waals surface area contributed by atoms with E-state index in [1.54, 1.807) is 0 Å². The standard InChI is InChI=1S/C17H26IN/c1-2-19-17(12-14-6-4-3-5-7-14)13-15-8-10-16(18)11-9-15/h8-11,14,17,19H,2-7,12-13H2,1H3. The Morgan fingerprint density at radius 3 is 2.47 bits per heavy atom. The Labute approximate surface area is 131 Å². The molecule has 2 rings (SSSR count). The summed E-state index contributed by atoms with van der Waals surface area (Å²) in [6, 6.07) is 9.67. The van der Waals surface area contributed by atoms with Gasteiger partial charge in [-0.05, 0) is 65.6 Å². The fourth-order valence-corrected chi connectivity index (χ4v) is 3.62. The SMILES string of the molecule is CCNC(Cc1ccc(I)cc1)CC1CCCCC1. The van der Waals surface area contributed by atoms with Crippen molar-refractivity contribution in [2.75, 3.05) is 6.54 Å². The second-order valence-corrected chi connectivity index (χ2v) is 7.07. The summed E-state index contributed by atoms with van der Waals surface area (Å²) < 4.78 is 1.33. The van der Waals surface area contributed by atoms with E-state index in [9.17, 15) is 0 Å². The molecule has 1 aromatic rings. The average molecular weight is 371 g/mol. The van der Waals surface area contributed by atoms with Crippen molar-refractivity contribution in [3.63, 3.8) is 0 Å². The lowest BCUT2D eigenvalue weighted by Gasteiger charge is -2.27. The minimum Gasteiger partial charge on any atom is -0.314 e. The molecule has 1 unspecified atom stereocenters. The number of hydrogen-bond acceptors (Lipinski definition) is 1. The Bertz CT molecular complexity index is 354. The summed E-state index contributed by atoms with van der Waals surface area (Å²) in [4.78, 5) is 0. The lowest BCUT2D eigenvalue weighted by molar-refractivity contribution is 0.298. The van der Waals surface area contributed by atoms with Crippen molar-refractivity contribution in [3.05, 3.63) is 33.4 Å². The smallest absolute Gasteiger partial charge is 0.0130 e. The molecule has 1 aromatic carbocycles. The summed E-state index contributed by atoms with van der Waals surface area (Å²) in [5.41, 5.74) is 1.47. The summed E-state index contributed by atoms with van der Waals surface area (Å²) in [7, 11) is 0. The van der Waals surface area contributed by atoms with Crippen molar-refractivity contribution in [2.45, 2.75) is 57.9 Å². The molecule has 0 saturated heterocycles. The third-order valence-corrected chi connectivity index (χ3v) is 4.95. The number of rotatable bonds is 6. The quantitative estimate of drug-likeness (QED) is 0.710. The lowest BCUT2D eigenvalue weighted by Crippen LogP contribution is -2.33. The van der Waals surface area contributed by atoms with Crippen molar-refractivity contribution in [1.82, 2.24) is 5.32 Å². The number of likely N-dealkylation sites (N-methyl/N-ethyl adjacent to an activating group) is 1. The summed E-state index contributed by atoms with van der Waals surface area (Å²) in [6.07, 6.45) is 9.81. The second kappa shape index (κ2) is 8.25. The molecule has 0 heterocycles. The molecule has 1 aliphatic rings. The summed E-state index contributed by atoms with van der Waals surface area (Å²) in [6.45, 7) is 3.31. The molecule has 2 heteroatoms. The van der Waals surface area contributed by atoms with Gasteiger partial charge in [0, 0.05) is 9.61 Å². The number of nitrogens with one attached hydrogen (secondary N) is 1. The largest absolute Gasteiger partial charge is 0.314 e. The molecule has 1 saturated carbocycles. The summed E-state index contributed by atoms with van der Waals surface area (Å²) >= 11 is 2.38. The molecule has 0 bridgehead atoms. The molecular formula is C17H26IN.